The smallest absolute Gasteiger partial charge is 0.338 e. The van der Waals surface area contributed by atoms with E-state index in [1.807, 2.05) is 31.2 Å². The quantitative estimate of drug-likeness (QED) is 0.192. The van der Waals surface area contributed by atoms with Gasteiger partial charge in [0.25, 0.3) is 0 Å². The van der Waals surface area contributed by atoms with Crippen molar-refractivity contribution in [3.63, 3.8) is 0 Å². The zero-order valence-corrected chi connectivity index (χ0v) is 33.9. The fraction of sp³-hybridized carbons (Fsp3) is 0.652. The van der Waals surface area contributed by atoms with E-state index < -0.39 is 5.60 Å². The van der Waals surface area contributed by atoms with Crippen molar-refractivity contribution in [1.29, 1.82) is 0 Å². The van der Waals surface area contributed by atoms with Crippen LogP contribution in [-0.2, 0) is 9.47 Å². The maximum atomic E-state index is 14.1. The van der Waals surface area contributed by atoms with Gasteiger partial charge in [0.15, 0.2) is 0 Å². The summed E-state index contributed by atoms with van der Waals surface area (Å²) in [5.74, 6) is 1.23. The Morgan fingerprint density at radius 3 is 1.98 bits per heavy atom. The number of aliphatic hydroxyl groups is 1. The first-order valence-corrected chi connectivity index (χ1v) is 20.0. The molecule has 0 amide bonds. The summed E-state index contributed by atoms with van der Waals surface area (Å²) in [6.45, 7) is 18.3. The third-order valence-electron chi connectivity index (χ3n) is 15.4. The molecule has 0 aliphatic heterocycles. The lowest BCUT2D eigenvalue weighted by molar-refractivity contribution is -0.246. The molecular weight excluding hydrogens is 664 g/mol. The van der Waals surface area contributed by atoms with Crippen molar-refractivity contribution in [3.8, 4) is 11.5 Å². The average Bonchev–Trinajstić information content (AvgIpc) is 3.50. The predicted molar refractivity (Wildman–Crippen MR) is 208 cm³/mol. The summed E-state index contributed by atoms with van der Waals surface area (Å²) in [7, 11) is 3.21. The molecule has 0 spiro atoms. The van der Waals surface area contributed by atoms with Crippen LogP contribution in [0.3, 0.4) is 0 Å². The molecular formula is C46H64O7. The monoisotopic (exact) mass is 728 g/mol. The van der Waals surface area contributed by atoms with Crippen LogP contribution in [0, 0.1) is 45.3 Å². The zero-order chi connectivity index (χ0) is 38.6. The predicted octanol–water partition coefficient (Wildman–Crippen LogP) is 10.2. The van der Waals surface area contributed by atoms with Crippen molar-refractivity contribution in [3.05, 3.63) is 71.3 Å². The van der Waals surface area contributed by atoms with Crippen molar-refractivity contribution >= 4 is 11.9 Å². The number of benzene rings is 2. The van der Waals surface area contributed by atoms with Crippen molar-refractivity contribution in [2.24, 2.45) is 45.3 Å². The summed E-state index contributed by atoms with van der Waals surface area (Å²) in [6.07, 6.45) is 9.61. The van der Waals surface area contributed by atoms with Gasteiger partial charge in [-0.2, -0.15) is 0 Å². The molecule has 7 nitrogen and oxygen atoms in total. The molecule has 53 heavy (non-hydrogen) atoms. The molecule has 4 aliphatic carbocycles. The average molecular weight is 729 g/mol. The minimum atomic E-state index is -0.897. The highest BCUT2D eigenvalue weighted by molar-refractivity contribution is 5.90. The van der Waals surface area contributed by atoms with E-state index in [4.69, 9.17) is 18.9 Å². The van der Waals surface area contributed by atoms with E-state index in [2.05, 4.69) is 54.5 Å². The lowest BCUT2D eigenvalue weighted by Gasteiger charge is -2.70. The molecule has 7 heteroatoms. The van der Waals surface area contributed by atoms with Crippen LogP contribution in [-0.4, -0.2) is 49.1 Å². The van der Waals surface area contributed by atoms with Gasteiger partial charge >= 0.3 is 11.9 Å². The van der Waals surface area contributed by atoms with Gasteiger partial charge in [-0.25, -0.2) is 9.59 Å². The fourth-order valence-corrected chi connectivity index (χ4v) is 12.5. The van der Waals surface area contributed by atoms with Crippen LogP contribution in [0.2, 0.25) is 0 Å². The Labute approximate surface area is 318 Å². The Balaban J connectivity index is 1.34. The van der Waals surface area contributed by atoms with Gasteiger partial charge in [0.05, 0.1) is 30.9 Å². The minimum Gasteiger partial charge on any atom is -0.497 e. The van der Waals surface area contributed by atoms with Crippen LogP contribution in [0.15, 0.2) is 60.2 Å². The second-order valence-electron chi connectivity index (χ2n) is 18.7. The van der Waals surface area contributed by atoms with Gasteiger partial charge in [0, 0.05) is 11.3 Å². The van der Waals surface area contributed by atoms with Crippen molar-refractivity contribution < 1.29 is 33.6 Å². The molecule has 4 saturated carbocycles. The zero-order valence-electron chi connectivity index (χ0n) is 33.9. The number of allylic oxidation sites excluding steroid dienone is 2. The number of carbonyl (C=O) groups excluding carboxylic acids is 2. The van der Waals surface area contributed by atoms with Gasteiger partial charge in [0.1, 0.15) is 23.7 Å². The largest absolute Gasteiger partial charge is 0.497 e. The molecule has 4 aliphatic rings. The molecule has 0 heterocycles. The molecule has 6 rings (SSSR count). The Morgan fingerprint density at radius 2 is 1.40 bits per heavy atom. The Kier molecular flexibility index (Phi) is 10.7. The highest BCUT2D eigenvalue weighted by Gasteiger charge is 2.72. The normalized spacial score (nSPS) is 35.4. The van der Waals surface area contributed by atoms with Crippen molar-refractivity contribution in [2.45, 2.75) is 131 Å². The number of hydrogen-bond acceptors (Lipinski definition) is 7. The number of hydrogen-bond donors (Lipinski definition) is 1. The topological polar surface area (TPSA) is 91.3 Å². The van der Waals surface area contributed by atoms with E-state index in [0.717, 1.165) is 51.4 Å². The van der Waals surface area contributed by atoms with E-state index in [1.54, 1.807) is 38.5 Å². The molecule has 10 atom stereocenters. The second kappa shape index (κ2) is 14.4. The molecule has 5 unspecified atom stereocenters. The Hall–Kier alpha value is -3.32. The molecule has 2 aromatic rings. The van der Waals surface area contributed by atoms with Gasteiger partial charge in [-0.1, -0.05) is 58.4 Å². The third kappa shape index (κ3) is 6.82. The maximum absolute atomic E-state index is 14.1. The summed E-state index contributed by atoms with van der Waals surface area (Å²) in [5, 5.41) is 12.3. The summed E-state index contributed by atoms with van der Waals surface area (Å²) < 4.78 is 23.9. The SMILES string of the molecule is COc1cccc(C(=O)OC2CC[C@@]3(C)C(CC[C@]4(C)C3C[C@@H](OC(=O)c3cccc(OC)c3)C3C([C@@](C)(O)CCC=C(C)C)CC[C@]34C)C2(C)C)c1. The van der Waals surface area contributed by atoms with Crippen molar-refractivity contribution in [2.75, 3.05) is 14.2 Å². The van der Waals surface area contributed by atoms with Crippen molar-refractivity contribution in [1.82, 2.24) is 0 Å². The van der Waals surface area contributed by atoms with Crippen LogP contribution < -0.4 is 9.47 Å². The maximum Gasteiger partial charge on any atom is 0.338 e. The first kappa shape index (κ1) is 39.4. The van der Waals surface area contributed by atoms with E-state index in [0.29, 0.717) is 35.0 Å². The first-order valence-electron chi connectivity index (χ1n) is 20.0. The fourth-order valence-electron chi connectivity index (χ4n) is 12.5. The molecule has 0 aromatic heterocycles. The molecule has 290 valence electrons. The summed E-state index contributed by atoms with van der Waals surface area (Å²) in [4.78, 5) is 27.6. The lowest BCUT2D eigenvalue weighted by atomic mass is 9.35. The molecule has 0 bridgehead atoms. The standard InChI is InChI=1S/C46H64O7/c1-29(2)14-13-22-46(8,49)34-19-24-45(7)39(34)35(52-40(47)30-15-11-17-32(26-30)50-9)28-37-43(5)23-21-38(42(3,4)36(43)20-25-44(37,45)6)53-41(48)31-16-12-18-33(27-31)51-10/h11-12,14-18,26-27,34-39,49H,13,19-25,28H2,1-10H3/t34?,35-,36?,37?,38?,39?,43+,44-,45-,46+/m1/s1. The first-order chi connectivity index (χ1) is 24.9. The van der Waals surface area contributed by atoms with Crippen LogP contribution in [0.4, 0.5) is 0 Å². The highest BCUT2D eigenvalue weighted by atomic mass is 16.5. The van der Waals surface area contributed by atoms with Crippen LogP contribution in [0.5, 0.6) is 11.5 Å². The molecule has 2 aromatic carbocycles. The lowest BCUT2D eigenvalue weighted by Crippen LogP contribution is -2.67. The van der Waals surface area contributed by atoms with E-state index in [-0.39, 0.29) is 63.6 Å². The van der Waals surface area contributed by atoms with Crippen LogP contribution in [0.1, 0.15) is 134 Å². The van der Waals surface area contributed by atoms with Gasteiger partial charge in [-0.05, 0) is 149 Å². The highest BCUT2D eigenvalue weighted by Crippen LogP contribution is 2.76. The van der Waals surface area contributed by atoms with E-state index in [1.165, 1.54) is 5.57 Å². The number of ether oxygens (including phenoxy) is 4. The Morgan fingerprint density at radius 1 is 0.811 bits per heavy atom. The number of fused-ring (bicyclic) bond motifs is 5. The Bertz CT molecular complexity index is 1700. The van der Waals surface area contributed by atoms with Crippen LogP contribution in [0.25, 0.3) is 0 Å². The number of rotatable bonds is 10. The number of carbonyl (C=O) groups is 2. The minimum absolute atomic E-state index is 0.00711. The summed E-state index contributed by atoms with van der Waals surface area (Å²) >= 11 is 0. The summed E-state index contributed by atoms with van der Waals surface area (Å²) in [6, 6.07) is 14.4. The molecule has 4 fully saturated rings. The van der Waals surface area contributed by atoms with Gasteiger partial charge in [0.2, 0.25) is 0 Å². The van der Waals surface area contributed by atoms with Gasteiger partial charge < -0.3 is 24.1 Å². The van der Waals surface area contributed by atoms with Crippen LogP contribution >= 0.6 is 0 Å². The molecule has 0 radical (unpaired) electrons. The second-order valence-corrected chi connectivity index (χ2v) is 18.7. The summed E-state index contributed by atoms with van der Waals surface area (Å²) in [5.41, 5.74) is 0.856. The molecule has 1 N–H and O–H groups in total. The number of esters is 2. The molecule has 0 saturated heterocycles. The van der Waals surface area contributed by atoms with E-state index >= 15 is 0 Å². The van der Waals surface area contributed by atoms with Gasteiger partial charge in [-0.3, -0.25) is 0 Å². The third-order valence-corrected chi connectivity index (χ3v) is 15.4. The van der Waals surface area contributed by atoms with Gasteiger partial charge in [-0.15, -0.1) is 0 Å². The van der Waals surface area contributed by atoms with E-state index in [9.17, 15) is 14.7 Å². The number of methoxy groups -OCH3 is 2.